The first-order valence-corrected chi connectivity index (χ1v) is 13.8. The zero-order valence-corrected chi connectivity index (χ0v) is 22.9. The molecule has 6 rings (SSSR count). The lowest BCUT2D eigenvalue weighted by Gasteiger charge is -2.46. The highest BCUT2D eigenvalue weighted by molar-refractivity contribution is 7.22. The second-order valence-electron chi connectivity index (χ2n) is 9.91. The summed E-state index contributed by atoms with van der Waals surface area (Å²) in [6.07, 6.45) is 8.48. The number of hydrogen-bond donors (Lipinski definition) is 1. The number of nitrogens with one attached hydrogen (secondary N) is 1. The van der Waals surface area contributed by atoms with E-state index in [0.29, 0.717) is 30.3 Å². The number of carbonyl (C=O) groups excluding carboxylic acids is 2. The number of rotatable bonds is 7. The maximum Gasteiger partial charge on any atom is 0.250 e. The number of methoxy groups -OCH3 is 2. The van der Waals surface area contributed by atoms with Crippen molar-refractivity contribution in [3.63, 3.8) is 0 Å². The summed E-state index contributed by atoms with van der Waals surface area (Å²) >= 11 is 1.41. The number of hydrogen-bond acceptors (Lipinski definition) is 6. The average molecular weight is 543 g/mol. The Labute approximate surface area is 230 Å². The van der Waals surface area contributed by atoms with Crippen LogP contribution >= 0.6 is 11.3 Å². The molecule has 3 heterocycles. The van der Waals surface area contributed by atoms with Gasteiger partial charge in [0.25, 0.3) is 5.91 Å². The fraction of sp³-hybridized carbons (Fsp3) is 0.300. The van der Waals surface area contributed by atoms with Gasteiger partial charge in [-0.05, 0) is 30.7 Å². The third-order valence-corrected chi connectivity index (χ3v) is 8.66. The molecule has 0 spiro atoms. The van der Waals surface area contributed by atoms with Crippen LogP contribution in [0.3, 0.4) is 0 Å². The number of amides is 2. The lowest BCUT2D eigenvalue weighted by molar-refractivity contribution is -0.140. The number of ether oxygens (including phenoxy) is 2. The number of fused-ring (bicyclic) bond motifs is 3. The summed E-state index contributed by atoms with van der Waals surface area (Å²) < 4.78 is 13.7. The van der Waals surface area contributed by atoms with E-state index in [2.05, 4.69) is 33.2 Å². The average Bonchev–Trinajstić information content (AvgIpc) is 3.51. The quantitative estimate of drug-likeness (QED) is 0.352. The first-order valence-electron chi connectivity index (χ1n) is 13.0. The summed E-state index contributed by atoms with van der Waals surface area (Å²) in [5.74, 6) is -0.234. The summed E-state index contributed by atoms with van der Waals surface area (Å²) in [4.78, 5) is 34.7. The summed E-state index contributed by atoms with van der Waals surface area (Å²) in [6.45, 7) is 0.747. The van der Waals surface area contributed by atoms with Gasteiger partial charge >= 0.3 is 0 Å². The van der Waals surface area contributed by atoms with Gasteiger partial charge in [-0.2, -0.15) is 0 Å². The Hall–Kier alpha value is -3.95. The maximum absolute atomic E-state index is 14.3. The van der Waals surface area contributed by atoms with Gasteiger partial charge in [0.1, 0.15) is 5.75 Å². The standard InChI is InChI=1S/C30H30N4O4S/c1-33-17-22(19-8-6-7-11-24(19)33)27-26(20-9-4-5-10-21(20)29(36)34(27)14-15-37-2)28(35)32-30-31-23-13-12-18(38-3)16-25(23)39-30/h4-8,10-13,16-17,20,26-27H,9,14-15H2,1-3H3,(H,31,32,35). The summed E-state index contributed by atoms with van der Waals surface area (Å²) in [5.41, 5.74) is 3.47. The molecule has 2 aromatic carbocycles. The first-order chi connectivity index (χ1) is 19.0. The van der Waals surface area contributed by atoms with E-state index in [1.807, 2.05) is 60.5 Å². The van der Waals surface area contributed by atoms with Crippen molar-refractivity contribution in [2.45, 2.75) is 12.5 Å². The molecule has 1 N–H and O–H groups in total. The van der Waals surface area contributed by atoms with Crippen molar-refractivity contribution in [3.8, 4) is 5.75 Å². The van der Waals surface area contributed by atoms with E-state index in [4.69, 9.17) is 9.47 Å². The van der Waals surface area contributed by atoms with Crippen LogP contribution in [0.2, 0.25) is 0 Å². The fourth-order valence-corrected chi connectivity index (χ4v) is 6.82. The highest BCUT2D eigenvalue weighted by Crippen LogP contribution is 2.47. The van der Waals surface area contributed by atoms with Gasteiger partial charge in [-0.1, -0.05) is 47.8 Å². The van der Waals surface area contributed by atoms with Crippen LogP contribution < -0.4 is 10.1 Å². The normalized spacial score (nSPS) is 20.8. The van der Waals surface area contributed by atoms with E-state index in [0.717, 1.165) is 32.4 Å². The molecule has 2 aromatic heterocycles. The van der Waals surface area contributed by atoms with Crippen molar-refractivity contribution in [2.24, 2.45) is 18.9 Å². The van der Waals surface area contributed by atoms with Crippen LogP contribution in [0.5, 0.6) is 5.75 Å². The van der Waals surface area contributed by atoms with E-state index in [-0.39, 0.29) is 17.7 Å². The molecular weight excluding hydrogens is 512 g/mol. The predicted octanol–water partition coefficient (Wildman–Crippen LogP) is 5.08. The van der Waals surface area contributed by atoms with Crippen molar-refractivity contribution in [2.75, 3.05) is 32.7 Å². The van der Waals surface area contributed by atoms with Crippen LogP contribution in [0.4, 0.5) is 5.13 Å². The Morgan fingerprint density at radius 2 is 2.05 bits per heavy atom. The number of carbonyl (C=O) groups is 2. The van der Waals surface area contributed by atoms with E-state index < -0.39 is 12.0 Å². The molecule has 0 saturated carbocycles. The second kappa shape index (κ2) is 10.3. The largest absolute Gasteiger partial charge is 0.497 e. The molecule has 2 amide bonds. The van der Waals surface area contributed by atoms with Gasteiger partial charge in [0.2, 0.25) is 5.91 Å². The number of aromatic nitrogens is 2. The fourth-order valence-electron chi connectivity index (χ4n) is 5.92. The molecule has 1 saturated heterocycles. The minimum absolute atomic E-state index is 0.0459. The number of allylic oxidation sites excluding steroid dienone is 3. The Morgan fingerprint density at radius 3 is 2.87 bits per heavy atom. The molecular formula is C30H30N4O4S. The van der Waals surface area contributed by atoms with Crippen LogP contribution in [0.15, 0.2) is 72.5 Å². The van der Waals surface area contributed by atoms with Crippen LogP contribution in [0, 0.1) is 11.8 Å². The number of thiazole rings is 1. The Balaban J connectivity index is 1.46. The van der Waals surface area contributed by atoms with Crippen LogP contribution in [0.1, 0.15) is 18.0 Å². The van der Waals surface area contributed by atoms with Crippen molar-refractivity contribution in [1.29, 1.82) is 0 Å². The molecule has 39 heavy (non-hydrogen) atoms. The minimum atomic E-state index is -0.525. The first kappa shape index (κ1) is 25.3. The molecule has 2 aliphatic rings. The molecule has 9 heteroatoms. The number of nitrogens with zero attached hydrogens (tertiary/aromatic N) is 3. The lowest BCUT2D eigenvalue weighted by atomic mass is 9.70. The van der Waals surface area contributed by atoms with Crippen molar-refractivity contribution in [1.82, 2.24) is 14.5 Å². The van der Waals surface area contributed by atoms with Gasteiger partial charge in [0, 0.05) is 54.9 Å². The molecule has 3 unspecified atom stereocenters. The van der Waals surface area contributed by atoms with E-state index >= 15 is 0 Å². The molecule has 1 aliphatic carbocycles. The molecule has 1 aliphatic heterocycles. The van der Waals surface area contributed by atoms with Gasteiger partial charge < -0.3 is 24.3 Å². The monoisotopic (exact) mass is 542 g/mol. The topological polar surface area (TPSA) is 85.7 Å². The Kier molecular flexibility index (Phi) is 6.70. The zero-order valence-electron chi connectivity index (χ0n) is 22.1. The SMILES string of the molecule is COCCN1C(=O)C2=CC=CCC2C(C(=O)Nc2nc3ccc(OC)cc3s2)C1c1cn(C)c2ccccc12. The number of aryl methyl sites for hydroxylation is 1. The summed E-state index contributed by atoms with van der Waals surface area (Å²) in [7, 11) is 5.25. The van der Waals surface area contributed by atoms with Gasteiger partial charge in [0.15, 0.2) is 5.13 Å². The third kappa shape index (κ3) is 4.41. The number of anilines is 1. The number of para-hydroxylation sites is 1. The molecule has 1 fully saturated rings. The Bertz CT molecular complexity index is 1630. The van der Waals surface area contributed by atoms with E-state index in [1.165, 1.54) is 11.3 Å². The van der Waals surface area contributed by atoms with Crippen molar-refractivity contribution < 1.29 is 19.1 Å². The summed E-state index contributed by atoms with van der Waals surface area (Å²) in [6, 6.07) is 13.3. The highest BCUT2D eigenvalue weighted by atomic mass is 32.1. The number of benzene rings is 2. The zero-order chi connectivity index (χ0) is 27.1. The molecule has 200 valence electrons. The smallest absolute Gasteiger partial charge is 0.250 e. The van der Waals surface area contributed by atoms with Crippen molar-refractivity contribution >= 4 is 49.4 Å². The molecule has 8 nitrogen and oxygen atoms in total. The molecule has 3 atom stereocenters. The number of piperidine rings is 1. The van der Waals surface area contributed by atoms with Crippen LogP contribution in [-0.4, -0.2) is 53.6 Å². The van der Waals surface area contributed by atoms with Crippen LogP contribution in [0.25, 0.3) is 21.1 Å². The van der Waals surface area contributed by atoms with E-state index in [1.54, 1.807) is 14.2 Å². The van der Waals surface area contributed by atoms with Gasteiger partial charge in [0.05, 0.1) is 35.9 Å². The van der Waals surface area contributed by atoms with Gasteiger partial charge in [-0.25, -0.2) is 4.98 Å². The molecule has 0 radical (unpaired) electrons. The second-order valence-corrected chi connectivity index (χ2v) is 10.9. The maximum atomic E-state index is 14.3. The highest BCUT2D eigenvalue weighted by Gasteiger charge is 2.49. The van der Waals surface area contributed by atoms with E-state index in [9.17, 15) is 9.59 Å². The Morgan fingerprint density at radius 1 is 1.21 bits per heavy atom. The molecule has 0 bridgehead atoms. The van der Waals surface area contributed by atoms with Crippen LogP contribution in [-0.2, 0) is 21.4 Å². The van der Waals surface area contributed by atoms with Gasteiger partial charge in [-0.15, -0.1) is 0 Å². The minimum Gasteiger partial charge on any atom is -0.497 e. The van der Waals surface area contributed by atoms with Crippen molar-refractivity contribution in [3.05, 3.63) is 78.0 Å². The third-order valence-electron chi connectivity index (χ3n) is 7.73. The van der Waals surface area contributed by atoms with Gasteiger partial charge in [-0.3, -0.25) is 9.59 Å². The molecule has 4 aromatic rings. The predicted molar refractivity (Wildman–Crippen MR) is 153 cm³/mol. The summed E-state index contributed by atoms with van der Waals surface area (Å²) in [5, 5.41) is 4.67. The number of likely N-dealkylation sites (tertiary alicyclic amines) is 1. The lowest BCUT2D eigenvalue weighted by Crippen LogP contribution is -2.53.